The number of nitrogens with zero attached hydrogens (tertiary/aromatic N) is 2. The molecular formula is C23H29N4O4P. The van der Waals surface area contributed by atoms with Crippen LogP contribution in [0.2, 0.25) is 0 Å². The monoisotopic (exact) mass is 456 g/mol. The second kappa shape index (κ2) is 9.45. The summed E-state index contributed by atoms with van der Waals surface area (Å²) in [6.07, 6.45) is 0.479. The van der Waals surface area contributed by atoms with Gasteiger partial charge in [0, 0.05) is 12.8 Å². The van der Waals surface area contributed by atoms with Gasteiger partial charge < -0.3 is 14.4 Å². The van der Waals surface area contributed by atoms with Gasteiger partial charge in [0.15, 0.2) is 0 Å². The summed E-state index contributed by atoms with van der Waals surface area (Å²) in [6, 6.07) is 16.6. The summed E-state index contributed by atoms with van der Waals surface area (Å²) < 4.78 is 24.0. The molecule has 2 unspecified atom stereocenters. The van der Waals surface area contributed by atoms with Gasteiger partial charge in [-0.1, -0.05) is 42.5 Å². The van der Waals surface area contributed by atoms with Gasteiger partial charge in [0.25, 0.3) is 7.44 Å². The summed E-state index contributed by atoms with van der Waals surface area (Å²) in [5, 5.41) is 5.91. The Balaban J connectivity index is 1.62. The van der Waals surface area contributed by atoms with Gasteiger partial charge in [0.2, 0.25) is 5.96 Å². The Morgan fingerprint density at radius 3 is 2.66 bits per heavy atom. The molecule has 0 fully saturated rings. The standard InChI is InChI=1S/C23H29N4O4P/c1-16(2)31-22(28)14-25-32(29,15-30-3)26-23-24-13-21-19-10-6-4-8-17(19)12-18-9-5-7-11-20(18)27(21)23/h4-11,16,21H,12-15H2,1-3H3,(H2,24,25,26,29). The summed E-state index contributed by atoms with van der Waals surface area (Å²) in [7, 11) is -1.86. The van der Waals surface area contributed by atoms with E-state index in [1.54, 1.807) is 13.8 Å². The molecule has 2 aromatic carbocycles. The van der Waals surface area contributed by atoms with Crippen molar-refractivity contribution in [2.75, 3.05) is 31.4 Å². The Labute approximate surface area is 188 Å². The van der Waals surface area contributed by atoms with E-state index < -0.39 is 13.4 Å². The van der Waals surface area contributed by atoms with E-state index in [2.05, 4.69) is 45.4 Å². The fraction of sp³-hybridized carbons (Fsp3) is 0.391. The highest BCUT2D eigenvalue weighted by Gasteiger charge is 2.38. The third-order valence-corrected chi connectivity index (χ3v) is 7.29. The first kappa shape index (κ1) is 22.5. The quantitative estimate of drug-likeness (QED) is 0.487. The molecule has 0 aliphatic carbocycles. The molecule has 0 bridgehead atoms. The van der Waals surface area contributed by atoms with E-state index in [9.17, 15) is 9.36 Å². The molecule has 32 heavy (non-hydrogen) atoms. The fourth-order valence-electron chi connectivity index (χ4n) is 4.17. The van der Waals surface area contributed by atoms with Crippen molar-refractivity contribution in [2.45, 2.75) is 32.4 Å². The summed E-state index contributed by atoms with van der Waals surface area (Å²) in [4.78, 5) is 18.8. The number of carbonyl (C=O) groups excluding carboxylic acids is 1. The zero-order valence-corrected chi connectivity index (χ0v) is 19.5. The van der Waals surface area contributed by atoms with E-state index in [-0.39, 0.29) is 25.0 Å². The molecule has 2 atom stereocenters. The minimum Gasteiger partial charge on any atom is -0.462 e. The first-order valence-electron chi connectivity index (χ1n) is 10.7. The number of hydrogen-bond donors (Lipinski definition) is 2. The lowest BCUT2D eigenvalue weighted by molar-refractivity contribution is -0.145. The number of benzene rings is 2. The predicted octanol–water partition coefficient (Wildman–Crippen LogP) is 3.44. The zero-order chi connectivity index (χ0) is 22.7. The Bertz CT molecular complexity index is 1070. The van der Waals surface area contributed by atoms with Crippen molar-refractivity contribution in [3.63, 3.8) is 0 Å². The molecule has 0 aromatic heterocycles. The molecule has 9 heteroatoms. The van der Waals surface area contributed by atoms with Gasteiger partial charge in [-0.15, -0.1) is 0 Å². The highest BCUT2D eigenvalue weighted by molar-refractivity contribution is 7.60. The molecule has 2 aliphatic rings. The molecule has 0 saturated heterocycles. The van der Waals surface area contributed by atoms with Gasteiger partial charge in [0.05, 0.1) is 18.7 Å². The number of fused-ring (bicyclic) bond motifs is 5. The number of guanidine groups is 1. The second-order valence-electron chi connectivity index (χ2n) is 8.20. The van der Waals surface area contributed by atoms with Gasteiger partial charge >= 0.3 is 5.97 Å². The van der Waals surface area contributed by atoms with Crippen LogP contribution in [0.4, 0.5) is 5.69 Å². The average Bonchev–Trinajstić information content (AvgIpc) is 3.09. The summed E-state index contributed by atoms with van der Waals surface area (Å²) in [5.74, 6) is 0.0303. The Hall–Kier alpha value is -2.67. The normalized spacial score (nSPS) is 18.7. The largest absolute Gasteiger partial charge is 0.462 e. The maximum absolute atomic E-state index is 13.6. The van der Waals surface area contributed by atoms with Crippen LogP contribution in [0.15, 0.2) is 53.5 Å². The zero-order valence-electron chi connectivity index (χ0n) is 18.6. The van der Waals surface area contributed by atoms with Crippen molar-refractivity contribution < 1.29 is 18.8 Å². The van der Waals surface area contributed by atoms with Gasteiger partial charge in [-0.2, -0.15) is 0 Å². The van der Waals surface area contributed by atoms with Crippen LogP contribution in [0.3, 0.4) is 0 Å². The van der Waals surface area contributed by atoms with E-state index in [0.29, 0.717) is 12.5 Å². The van der Waals surface area contributed by atoms with Crippen molar-refractivity contribution in [3.8, 4) is 0 Å². The molecule has 8 nitrogen and oxygen atoms in total. The van der Waals surface area contributed by atoms with Crippen LogP contribution in [0.25, 0.3) is 0 Å². The average molecular weight is 456 g/mol. The molecule has 0 spiro atoms. The van der Waals surface area contributed by atoms with Crippen molar-refractivity contribution in [1.29, 1.82) is 0 Å². The molecule has 2 aromatic rings. The van der Waals surface area contributed by atoms with Gasteiger partial charge in [-0.05, 0) is 43.0 Å². The number of nitrogens with one attached hydrogen (secondary N) is 2. The van der Waals surface area contributed by atoms with Gasteiger partial charge in [0.1, 0.15) is 12.9 Å². The number of aliphatic imine (C=N–C) groups is 1. The highest BCUT2D eigenvalue weighted by atomic mass is 31.2. The minimum atomic E-state index is -3.34. The van der Waals surface area contributed by atoms with Crippen LogP contribution in [0.5, 0.6) is 0 Å². The molecule has 0 radical (unpaired) electrons. The number of carbonyl (C=O) groups is 1. The Morgan fingerprint density at radius 1 is 1.19 bits per heavy atom. The summed E-state index contributed by atoms with van der Waals surface area (Å²) >= 11 is 0. The number of methoxy groups -OCH3 is 1. The second-order valence-corrected chi connectivity index (χ2v) is 10.5. The Kier molecular flexibility index (Phi) is 6.65. The maximum Gasteiger partial charge on any atom is 0.320 e. The predicted molar refractivity (Wildman–Crippen MR) is 125 cm³/mol. The third-order valence-electron chi connectivity index (χ3n) is 5.44. The van der Waals surface area contributed by atoms with E-state index >= 15 is 0 Å². The Morgan fingerprint density at radius 2 is 1.91 bits per heavy atom. The van der Waals surface area contributed by atoms with Crippen molar-refractivity contribution in [1.82, 2.24) is 10.2 Å². The number of ether oxygens (including phenoxy) is 2. The molecule has 2 N–H and O–H groups in total. The van der Waals surface area contributed by atoms with Crippen molar-refractivity contribution >= 4 is 25.1 Å². The number of hydrogen-bond acceptors (Lipinski definition) is 6. The van der Waals surface area contributed by atoms with Crippen LogP contribution in [-0.4, -0.2) is 44.6 Å². The lowest BCUT2D eigenvalue weighted by atomic mass is 9.97. The van der Waals surface area contributed by atoms with Crippen LogP contribution < -0.4 is 15.1 Å². The van der Waals surface area contributed by atoms with E-state index in [4.69, 9.17) is 14.5 Å². The lowest BCUT2D eigenvalue weighted by Crippen LogP contribution is -2.42. The van der Waals surface area contributed by atoms with E-state index in [1.807, 2.05) is 18.2 Å². The molecule has 2 aliphatic heterocycles. The minimum absolute atomic E-state index is 0.000693. The first-order chi connectivity index (χ1) is 15.4. The summed E-state index contributed by atoms with van der Waals surface area (Å²) in [6.45, 7) is 3.89. The number of anilines is 1. The SMILES string of the molecule is COCP(=O)(NCC(=O)OC(C)C)NC1=NCC2c3ccccc3Cc3ccccc3N12. The maximum atomic E-state index is 13.6. The number of para-hydroxylation sites is 1. The molecule has 4 rings (SSSR count). The lowest BCUT2D eigenvalue weighted by Gasteiger charge is -2.30. The van der Waals surface area contributed by atoms with Crippen molar-refractivity contribution in [2.24, 2.45) is 4.99 Å². The van der Waals surface area contributed by atoms with Gasteiger partial charge in [-0.25, -0.2) is 10.1 Å². The number of rotatable bonds is 7. The summed E-state index contributed by atoms with van der Waals surface area (Å²) in [5.41, 5.74) is 4.67. The van der Waals surface area contributed by atoms with Crippen molar-refractivity contribution in [3.05, 3.63) is 65.2 Å². The molecule has 0 amide bonds. The smallest absolute Gasteiger partial charge is 0.320 e. The van der Waals surface area contributed by atoms with Crippen LogP contribution in [0, 0.1) is 0 Å². The van der Waals surface area contributed by atoms with E-state index in [1.165, 1.54) is 23.8 Å². The molecular weight excluding hydrogens is 427 g/mol. The number of esters is 1. The van der Waals surface area contributed by atoms with Crippen LogP contribution in [0.1, 0.15) is 36.6 Å². The fourth-order valence-corrected chi connectivity index (χ4v) is 5.65. The highest BCUT2D eigenvalue weighted by Crippen LogP contribution is 2.43. The first-order valence-corrected chi connectivity index (χ1v) is 12.6. The van der Waals surface area contributed by atoms with Crippen LogP contribution in [-0.2, 0) is 25.3 Å². The van der Waals surface area contributed by atoms with E-state index in [0.717, 1.165) is 12.1 Å². The van der Waals surface area contributed by atoms with Crippen LogP contribution >= 0.6 is 7.44 Å². The molecule has 0 saturated carbocycles. The van der Waals surface area contributed by atoms with Gasteiger partial charge in [-0.3, -0.25) is 14.4 Å². The molecule has 2 heterocycles. The molecule has 170 valence electrons. The topological polar surface area (TPSA) is 92.3 Å². The third kappa shape index (κ3) is 4.72.